The smallest absolute Gasteiger partial charge is 0.221 e. The maximum Gasteiger partial charge on any atom is 0.221 e. The number of para-hydroxylation sites is 4. The molecule has 0 saturated heterocycles. The molecule has 0 atom stereocenters. The first-order chi connectivity index (χ1) is 14.4. The molecule has 0 aliphatic rings. The van der Waals surface area contributed by atoms with Gasteiger partial charge in [-0.25, -0.2) is 9.97 Å². The molecule has 136 valence electrons. The van der Waals surface area contributed by atoms with Gasteiger partial charge >= 0.3 is 0 Å². The molecule has 5 heterocycles. The van der Waals surface area contributed by atoms with E-state index in [0.717, 1.165) is 55.9 Å². The van der Waals surface area contributed by atoms with Crippen LogP contribution >= 0.6 is 0 Å². The van der Waals surface area contributed by atoms with E-state index in [1.54, 1.807) is 6.20 Å². The highest BCUT2D eigenvalue weighted by Crippen LogP contribution is 2.31. The zero-order valence-corrected chi connectivity index (χ0v) is 15.1. The minimum Gasteiger partial charge on any atom is -0.453 e. The number of hydrogen-bond donors (Lipinski definition) is 0. The minimum absolute atomic E-state index is 0.725. The number of pyridine rings is 2. The zero-order chi connectivity index (χ0) is 18.9. The highest BCUT2D eigenvalue weighted by Gasteiger charge is 2.18. The summed E-state index contributed by atoms with van der Waals surface area (Å²) >= 11 is 0. The van der Waals surface area contributed by atoms with Crippen molar-refractivity contribution in [3.8, 4) is 5.82 Å². The van der Waals surface area contributed by atoms with Crippen LogP contribution in [0.2, 0.25) is 0 Å². The van der Waals surface area contributed by atoms with E-state index >= 15 is 0 Å². The van der Waals surface area contributed by atoms with E-state index in [1.807, 2.05) is 54.6 Å². The van der Waals surface area contributed by atoms with Gasteiger partial charge in [0, 0.05) is 6.20 Å². The van der Waals surface area contributed by atoms with Crippen molar-refractivity contribution < 1.29 is 4.42 Å². The lowest BCUT2D eigenvalue weighted by Crippen LogP contribution is -1.98. The van der Waals surface area contributed by atoms with Gasteiger partial charge in [-0.2, -0.15) is 0 Å². The summed E-state index contributed by atoms with van der Waals surface area (Å²) in [5.41, 5.74) is 7.16. The molecule has 0 bridgehead atoms. The Hall–Kier alpha value is -4.19. The summed E-state index contributed by atoms with van der Waals surface area (Å²) in [4.78, 5) is 14.3. The number of furan rings is 1. The van der Waals surface area contributed by atoms with Crippen molar-refractivity contribution in [1.29, 1.82) is 0 Å². The molecule has 5 aromatic heterocycles. The lowest BCUT2D eigenvalue weighted by Gasteiger charge is -2.04. The number of aromatic nitrogens is 5. The molecule has 7 rings (SSSR count). The van der Waals surface area contributed by atoms with Gasteiger partial charge in [-0.3, -0.25) is 14.0 Å². The summed E-state index contributed by atoms with van der Waals surface area (Å²) in [5.74, 6) is 1.62. The predicted octanol–water partition coefficient (Wildman–Crippen LogP) is 5.12. The normalized spacial score (nSPS) is 12.1. The molecule has 0 unspecified atom stereocenters. The highest BCUT2D eigenvalue weighted by molar-refractivity contribution is 6.00. The maximum absolute atomic E-state index is 5.89. The molecule has 0 radical (unpaired) electrons. The van der Waals surface area contributed by atoms with Crippen molar-refractivity contribution in [2.24, 2.45) is 0 Å². The molecule has 0 aliphatic carbocycles. The lowest BCUT2D eigenvalue weighted by molar-refractivity contribution is 0.667. The van der Waals surface area contributed by atoms with Gasteiger partial charge in [0.1, 0.15) is 16.9 Å². The first-order valence-corrected chi connectivity index (χ1v) is 9.40. The van der Waals surface area contributed by atoms with Crippen LogP contribution in [-0.4, -0.2) is 23.9 Å². The monoisotopic (exact) mass is 375 g/mol. The summed E-state index contributed by atoms with van der Waals surface area (Å²) in [6.45, 7) is 0. The van der Waals surface area contributed by atoms with Crippen LogP contribution in [-0.2, 0) is 0 Å². The molecule has 2 aromatic carbocycles. The fourth-order valence-electron chi connectivity index (χ4n) is 4.16. The van der Waals surface area contributed by atoms with Crippen molar-refractivity contribution in [2.45, 2.75) is 0 Å². The highest BCUT2D eigenvalue weighted by atomic mass is 16.3. The summed E-state index contributed by atoms with van der Waals surface area (Å²) in [5, 5.41) is 0. The summed E-state index contributed by atoms with van der Waals surface area (Å²) < 4.78 is 10.2. The van der Waals surface area contributed by atoms with E-state index in [9.17, 15) is 0 Å². The number of imidazole rings is 2. The van der Waals surface area contributed by atoms with Crippen LogP contribution in [0.4, 0.5) is 0 Å². The standard InChI is InChI=1S/C23H13N5O/c1-2-7-15-14(6-1)25-23-27(15)16-8-3-4-9-17(16)28(23)20-12-11-19-22(26-20)21-18(29-19)10-5-13-24-21/h1-13H. The first kappa shape index (κ1) is 14.8. The molecule has 0 saturated carbocycles. The summed E-state index contributed by atoms with van der Waals surface area (Å²) in [6, 6.07) is 24.2. The van der Waals surface area contributed by atoms with Gasteiger partial charge < -0.3 is 4.42 Å². The third-order valence-corrected chi connectivity index (χ3v) is 5.39. The van der Waals surface area contributed by atoms with Crippen LogP contribution < -0.4 is 0 Å². The Bertz CT molecular complexity index is 1720. The van der Waals surface area contributed by atoms with Gasteiger partial charge in [0.2, 0.25) is 5.78 Å². The molecule has 0 amide bonds. The SMILES string of the molecule is c1ccc2c(c1)nc1n(-c3ccc4oc5cccnc5c4n3)c3ccccc3n21. The van der Waals surface area contributed by atoms with Gasteiger partial charge in [0.15, 0.2) is 11.2 Å². The number of benzene rings is 2. The van der Waals surface area contributed by atoms with Crippen molar-refractivity contribution >= 4 is 50.0 Å². The van der Waals surface area contributed by atoms with Crippen LogP contribution in [0.5, 0.6) is 0 Å². The lowest BCUT2D eigenvalue weighted by atomic mass is 10.3. The second-order valence-corrected chi connectivity index (χ2v) is 7.03. The van der Waals surface area contributed by atoms with Crippen molar-refractivity contribution in [2.75, 3.05) is 0 Å². The van der Waals surface area contributed by atoms with Crippen molar-refractivity contribution in [3.05, 3.63) is 79.0 Å². The molecule has 29 heavy (non-hydrogen) atoms. The van der Waals surface area contributed by atoms with Crippen molar-refractivity contribution in [1.82, 2.24) is 23.9 Å². The Morgan fingerprint density at radius 1 is 0.655 bits per heavy atom. The van der Waals surface area contributed by atoms with Gasteiger partial charge in [-0.1, -0.05) is 24.3 Å². The van der Waals surface area contributed by atoms with Gasteiger partial charge in [0.25, 0.3) is 0 Å². The van der Waals surface area contributed by atoms with Gasteiger partial charge in [-0.05, 0) is 48.5 Å². The molecule has 6 nitrogen and oxygen atoms in total. The number of fused-ring (bicyclic) bond motifs is 8. The van der Waals surface area contributed by atoms with E-state index < -0.39 is 0 Å². The van der Waals surface area contributed by atoms with E-state index in [-0.39, 0.29) is 0 Å². The molecule has 0 aliphatic heterocycles. The second-order valence-electron chi connectivity index (χ2n) is 7.03. The zero-order valence-electron chi connectivity index (χ0n) is 15.1. The molecule has 6 heteroatoms. The molecule has 0 N–H and O–H groups in total. The van der Waals surface area contributed by atoms with Crippen molar-refractivity contribution in [3.63, 3.8) is 0 Å². The minimum atomic E-state index is 0.725. The third-order valence-electron chi connectivity index (χ3n) is 5.39. The molecular weight excluding hydrogens is 362 g/mol. The fourth-order valence-corrected chi connectivity index (χ4v) is 4.16. The third kappa shape index (κ3) is 1.87. The Morgan fingerprint density at radius 2 is 1.45 bits per heavy atom. The van der Waals surface area contributed by atoms with Crippen LogP contribution in [0.25, 0.3) is 55.9 Å². The molecule has 7 aromatic rings. The number of rotatable bonds is 1. The molecule has 0 spiro atoms. The Labute approximate surface area is 163 Å². The largest absolute Gasteiger partial charge is 0.453 e. The summed E-state index contributed by atoms with van der Waals surface area (Å²) in [6.07, 6.45) is 1.76. The van der Waals surface area contributed by atoms with E-state index in [4.69, 9.17) is 14.4 Å². The van der Waals surface area contributed by atoms with Gasteiger partial charge in [0.05, 0.1) is 22.1 Å². The predicted molar refractivity (Wildman–Crippen MR) is 112 cm³/mol. The number of nitrogens with zero attached hydrogens (tertiary/aromatic N) is 5. The average Bonchev–Trinajstić information content (AvgIpc) is 3.41. The van der Waals surface area contributed by atoms with Crippen LogP contribution in [0.3, 0.4) is 0 Å². The Morgan fingerprint density at radius 3 is 2.38 bits per heavy atom. The summed E-state index contributed by atoms with van der Waals surface area (Å²) in [7, 11) is 0. The second kappa shape index (κ2) is 5.20. The van der Waals surface area contributed by atoms with Gasteiger partial charge in [-0.15, -0.1) is 0 Å². The number of hydrogen-bond acceptors (Lipinski definition) is 4. The molecule has 0 fully saturated rings. The average molecular weight is 375 g/mol. The Balaban J connectivity index is 1.65. The van der Waals surface area contributed by atoms with E-state index in [1.165, 1.54) is 0 Å². The Kier molecular flexibility index (Phi) is 2.66. The fraction of sp³-hybridized carbons (Fsp3) is 0. The molecular formula is C23H13N5O. The first-order valence-electron chi connectivity index (χ1n) is 9.40. The van der Waals surface area contributed by atoms with Crippen LogP contribution in [0.15, 0.2) is 83.4 Å². The van der Waals surface area contributed by atoms with Crippen LogP contribution in [0.1, 0.15) is 0 Å². The van der Waals surface area contributed by atoms with Crippen LogP contribution in [0, 0.1) is 0 Å². The van der Waals surface area contributed by atoms with E-state index in [0.29, 0.717) is 0 Å². The maximum atomic E-state index is 5.89. The quantitative estimate of drug-likeness (QED) is 0.399. The van der Waals surface area contributed by atoms with E-state index in [2.05, 4.69) is 32.2 Å². The topological polar surface area (TPSA) is 61.2 Å².